The highest BCUT2D eigenvalue weighted by atomic mass is 32.2. The molecule has 2 aromatic rings. The number of fused-ring (bicyclic) bond motifs is 1. The lowest BCUT2D eigenvalue weighted by molar-refractivity contribution is -0.120. The van der Waals surface area contributed by atoms with Crippen molar-refractivity contribution in [2.75, 3.05) is 13.1 Å². The zero-order valence-electron chi connectivity index (χ0n) is 21.6. The van der Waals surface area contributed by atoms with Gasteiger partial charge in [-0.15, -0.1) is 0 Å². The molecule has 2 aliphatic rings. The first-order valence-electron chi connectivity index (χ1n) is 12.0. The monoisotopic (exact) mass is 543 g/mol. The molecule has 0 atom stereocenters. The third kappa shape index (κ3) is 4.36. The van der Waals surface area contributed by atoms with Crippen LogP contribution in [0, 0.1) is 12.3 Å². The van der Waals surface area contributed by atoms with Crippen LogP contribution in [-0.2, 0) is 24.7 Å². The highest BCUT2D eigenvalue weighted by Gasteiger charge is 2.52. The second-order valence-electron chi connectivity index (χ2n) is 11.1. The van der Waals surface area contributed by atoms with Crippen molar-refractivity contribution in [3.05, 3.63) is 81.4 Å². The molecule has 1 aliphatic heterocycles. The van der Waals surface area contributed by atoms with E-state index in [0.717, 1.165) is 5.56 Å². The third-order valence-corrected chi connectivity index (χ3v) is 12.8. The standard InChI is InChI=1S/C27H33NO5S2Si/c1-19-12-14-21(15-13-19)35(32,33)28-17-16-23(34(30,31)20-10-8-7-9-11-20)24-22(18-28)25(36(4,5)6)26(29)27(24,2)3/h7-15H,16-18H2,1-6H3. The highest BCUT2D eigenvalue weighted by molar-refractivity contribution is 7.95. The number of aryl methyl sites for hydroxylation is 1. The van der Waals surface area contributed by atoms with Crippen molar-refractivity contribution in [2.24, 2.45) is 5.41 Å². The van der Waals surface area contributed by atoms with Crippen LogP contribution in [0.5, 0.6) is 0 Å². The summed E-state index contributed by atoms with van der Waals surface area (Å²) in [4.78, 5) is 14.3. The van der Waals surface area contributed by atoms with Crippen molar-refractivity contribution in [2.45, 2.75) is 56.6 Å². The summed E-state index contributed by atoms with van der Waals surface area (Å²) in [6, 6.07) is 14.8. The molecule has 36 heavy (non-hydrogen) atoms. The molecule has 9 heteroatoms. The number of rotatable bonds is 5. The number of nitrogens with zero attached hydrogens (tertiary/aromatic N) is 1. The number of benzene rings is 2. The van der Waals surface area contributed by atoms with E-state index in [0.29, 0.717) is 16.3 Å². The first kappa shape index (κ1) is 26.7. The van der Waals surface area contributed by atoms with E-state index in [9.17, 15) is 21.6 Å². The van der Waals surface area contributed by atoms with Gasteiger partial charge in [0.05, 0.1) is 28.2 Å². The number of sulfonamides is 1. The second kappa shape index (κ2) is 8.90. The summed E-state index contributed by atoms with van der Waals surface area (Å²) >= 11 is 0. The van der Waals surface area contributed by atoms with Crippen molar-refractivity contribution >= 4 is 33.7 Å². The SMILES string of the molecule is Cc1ccc(S(=O)(=O)N2CCC(S(=O)(=O)c3ccccc3)=C3C(=C([Si](C)(C)C)C(=O)C3(C)C)C2)cc1. The fourth-order valence-electron chi connectivity index (χ4n) is 5.22. The molecule has 0 unspecified atom stereocenters. The van der Waals surface area contributed by atoms with Gasteiger partial charge in [-0.3, -0.25) is 4.79 Å². The van der Waals surface area contributed by atoms with E-state index in [1.54, 1.807) is 68.4 Å². The summed E-state index contributed by atoms with van der Waals surface area (Å²) in [5.74, 6) is -0.0954. The van der Waals surface area contributed by atoms with Crippen LogP contribution in [0.1, 0.15) is 25.8 Å². The van der Waals surface area contributed by atoms with Gasteiger partial charge in [0, 0.05) is 13.1 Å². The predicted octanol–water partition coefficient (Wildman–Crippen LogP) is 4.90. The molecule has 2 aromatic carbocycles. The number of hydrogen-bond acceptors (Lipinski definition) is 5. The lowest BCUT2D eigenvalue weighted by atomic mass is 9.83. The number of hydrogen-bond donors (Lipinski definition) is 0. The van der Waals surface area contributed by atoms with Crippen molar-refractivity contribution in [1.29, 1.82) is 0 Å². The van der Waals surface area contributed by atoms with Crippen LogP contribution in [0.15, 0.2) is 85.6 Å². The van der Waals surface area contributed by atoms with Crippen LogP contribution in [0.3, 0.4) is 0 Å². The Morgan fingerprint density at radius 2 is 1.44 bits per heavy atom. The van der Waals surface area contributed by atoms with Crippen molar-refractivity contribution < 1.29 is 21.6 Å². The Morgan fingerprint density at radius 1 is 0.861 bits per heavy atom. The Balaban J connectivity index is 1.98. The average Bonchev–Trinajstić information content (AvgIpc) is 2.93. The van der Waals surface area contributed by atoms with Crippen LogP contribution < -0.4 is 0 Å². The molecule has 0 radical (unpaired) electrons. The lowest BCUT2D eigenvalue weighted by Crippen LogP contribution is -2.36. The number of Topliss-reactive ketones (excluding diaryl/α,β-unsaturated/α-hetero) is 1. The zero-order valence-corrected chi connectivity index (χ0v) is 24.3. The quantitative estimate of drug-likeness (QED) is 0.501. The predicted molar refractivity (Wildman–Crippen MR) is 144 cm³/mol. The number of carbonyl (C=O) groups is 1. The van der Waals surface area contributed by atoms with E-state index in [1.807, 2.05) is 26.6 Å². The number of carbonyl (C=O) groups excluding carboxylic acids is 1. The third-order valence-electron chi connectivity index (χ3n) is 7.01. The van der Waals surface area contributed by atoms with Crippen molar-refractivity contribution in [3.8, 4) is 0 Å². The summed E-state index contributed by atoms with van der Waals surface area (Å²) in [6.07, 6.45) is -0.00313. The lowest BCUT2D eigenvalue weighted by Gasteiger charge is -2.24. The smallest absolute Gasteiger partial charge is 0.243 e. The highest BCUT2D eigenvalue weighted by Crippen LogP contribution is 2.51. The van der Waals surface area contributed by atoms with Gasteiger partial charge < -0.3 is 0 Å². The molecule has 0 N–H and O–H groups in total. The van der Waals surface area contributed by atoms with Gasteiger partial charge in [-0.2, -0.15) is 4.31 Å². The van der Waals surface area contributed by atoms with Gasteiger partial charge in [-0.25, -0.2) is 16.8 Å². The Morgan fingerprint density at radius 3 is 2.00 bits per heavy atom. The Hall–Kier alpha value is -2.33. The van der Waals surface area contributed by atoms with Crippen LogP contribution in [-0.4, -0.2) is 48.1 Å². The minimum atomic E-state index is -3.95. The summed E-state index contributed by atoms with van der Waals surface area (Å²) in [6.45, 7) is 11.5. The summed E-state index contributed by atoms with van der Waals surface area (Å²) in [5, 5.41) is 0.634. The van der Waals surface area contributed by atoms with Gasteiger partial charge in [0.2, 0.25) is 19.9 Å². The molecule has 0 spiro atoms. The second-order valence-corrected chi connectivity index (χ2v) is 20.0. The van der Waals surface area contributed by atoms with Gasteiger partial charge in [-0.05, 0) is 67.8 Å². The molecule has 0 saturated heterocycles. The molecule has 0 amide bonds. The number of sulfone groups is 1. The van der Waals surface area contributed by atoms with Crippen LogP contribution >= 0.6 is 0 Å². The summed E-state index contributed by atoms with van der Waals surface area (Å²) in [7, 11) is -10.1. The molecule has 0 fully saturated rings. The Bertz CT molecular complexity index is 1500. The maximum atomic E-state index is 13.9. The van der Waals surface area contributed by atoms with Gasteiger partial charge in [0.1, 0.15) is 0 Å². The minimum Gasteiger partial charge on any atom is -0.294 e. The maximum Gasteiger partial charge on any atom is 0.243 e. The fraction of sp³-hybridized carbons (Fsp3) is 0.370. The summed E-state index contributed by atoms with van der Waals surface area (Å²) in [5.41, 5.74) is 0.935. The normalized spacial score (nSPS) is 19.4. The first-order valence-corrected chi connectivity index (χ1v) is 18.4. The van der Waals surface area contributed by atoms with E-state index in [1.165, 1.54) is 4.31 Å². The molecule has 0 saturated carbocycles. The molecule has 1 heterocycles. The topological polar surface area (TPSA) is 88.6 Å². The van der Waals surface area contributed by atoms with E-state index in [-0.39, 0.29) is 40.0 Å². The van der Waals surface area contributed by atoms with E-state index in [2.05, 4.69) is 0 Å². The van der Waals surface area contributed by atoms with Crippen molar-refractivity contribution in [3.63, 3.8) is 0 Å². The Kier molecular flexibility index (Phi) is 6.61. The minimum absolute atomic E-state index is 0.00313. The molecule has 1 aliphatic carbocycles. The van der Waals surface area contributed by atoms with E-state index < -0.39 is 33.3 Å². The largest absolute Gasteiger partial charge is 0.294 e. The van der Waals surface area contributed by atoms with Crippen LogP contribution in [0.25, 0.3) is 0 Å². The molecule has 0 aromatic heterocycles. The van der Waals surface area contributed by atoms with Gasteiger partial charge in [0.15, 0.2) is 5.78 Å². The molecule has 0 bridgehead atoms. The van der Waals surface area contributed by atoms with Gasteiger partial charge in [0.25, 0.3) is 0 Å². The Labute approximate surface area is 215 Å². The number of ketones is 1. The molecule has 4 rings (SSSR count). The van der Waals surface area contributed by atoms with E-state index in [4.69, 9.17) is 0 Å². The first-order chi connectivity index (χ1) is 16.6. The van der Waals surface area contributed by atoms with Gasteiger partial charge in [-0.1, -0.05) is 55.5 Å². The number of allylic oxidation sites excluding steroid dienone is 1. The fourth-order valence-corrected chi connectivity index (χ4v) is 10.5. The summed E-state index contributed by atoms with van der Waals surface area (Å²) < 4.78 is 56.7. The molecular weight excluding hydrogens is 511 g/mol. The van der Waals surface area contributed by atoms with Crippen LogP contribution in [0.4, 0.5) is 0 Å². The molecular formula is C27H33NO5S2Si. The average molecular weight is 544 g/mol. The van der Waals surface area contributed by atoms with Gasteiger partial charge >= 0.3 is 0 Å². The molecule has 6 nitrogen and oxygen atoms in total. The maximum absolute atomic E-state index is 13.9. The van der Waals surface area contributed by atoms with Crippen LogP contribution in [0.2, 0.25) is 19.6 Å². The van der Waals surface area contributed by atoms with Crippen molar-refractivity contribution in [1.82, 2.24) is 4.31 Å². The molecule has 192 valence electrons. The zero-order chi connectivity index (χ0) is 26.7. The van der Waals surface area contributed by atoms with E-state index >= 15 is 0 Å².